The minimum atomic E-state index is -4.54. The predicted molar refractivity (Wildman–Crippen MR) is 112 cm³/mol. The molecule has 0 heterocycles. The number of hydrogen-bond acceptors (Lipinski definition) is 4. The summed E-state index contributed by atoms with van der Waals surface area (Å²) >= 11 is 0. The number of nitrogens with one attached hydrogen (secondary N) is 1. The number of nitriles is 1. The van der Waals surface area contributed by atoms with Crippen LogP contribution in [0.5, 0.6) is 11.5 Å². The number of anilines is 1. The third-order valence-corrected chi connectivity index (χ3v) is 4.03. The molecule has 0 atom stereocenters. The van der Waals surface area contributed by atoms with Crippen LogP contribution in [0, 0.1) is 11.3 Å². The van der Waals surface area contributed by atoms with Crippen LogP contribution >= 0.6 is 0 Å². The third-order valence-electron chi connectivity index (χ3n) is 4.03. The quantitative estimate of drug-likeness (QED) is 0.400. The van der Waals surface area contributed by atoms with Crippen molar-refractivity contribution in [3.63, 3.8) is 0 Å². The van der Waals surface area contributed by atoms with Gasteiger partial charge in [0.25, 0.3) is 5.91 Å². The van der Waals surface area contributed by atoms with Crippen LogP contribution in [0.1, 0.15) is 37.8 Å². The number of ether oxygens (including phenoxy) is 2. The molecule has 1 amide bonds. The number of nitrogens with zero attached hydrogens (tertiary/aromatic N) is 1. The summed E-state index contributed by atoms with van der Waals surface area (Å²) in [5.41, 5.74) is -0.758. The van der Waals surface area contributed by atoms with Gasteiger partial charge in [0.2, 0.25) is 0 Å². The molecule has 1 N–H and O–H groups in total. The van der Waals surface area contributed by atoms with Crippen LogP contribution in [0.25, 0.3) is 6.08 Å². The second-order valence-corrected chi connectivity index (χ2v) is 6.60. The molecule has 2 aromatic rings. The lowest BCUT2D eigenvalue weighted by Crippen LogP contribution is -2.14. The Labute approximate surface area is 179 Å². The number of alkyl halides is 3. The smallest absolute Gasteiger partial charge is 0.416 e. The maximum Gasteiger partial charge on any atom is 0.416 e. The molecule has 0 saturated carbocycles. The highest BCUT2D eigenvalue weighted by atomic mass is 19.4. The third kappa shape index (κ3) is 7.07. The van der Waals surface area contributed by atoms with Gasteiger partial charge in [-0.2, -0.15) is 18.4 Å². The number of halogens is 3. The van der Waals surface area contributed by atoms with E-state index in [1.165, 1.54) is 18.2 Å². The standard InChI is InChI=1S/C23H23F3N2O3/c1-3-10-30-20-9-8-16(21(14-20)31-11-4-2)12-17(15-27)22(29)28-19-7-5-6-18(13-19)23(24,25)26/h5-9,12-14H,3-4,10-11H2,1-2H3,(H,28,29). The summed E-state index contributed by atoms with van der Waals surface area (Å²) in [7, 11) is 0. The summed E-state index contributed by atoms with van der Waals surface area (Å²) in [6, 6.07) is 11.0. The molecule has 0 aliphatic carbocycles. The van der Waals surface area contributed by atoms with Crippen molar-refractivity contribution in [1.29, 1.82) is 5.26 Å². The van der Waals surface area contributed by atoms with Gasteiger partial charge in [-0.15, -0.1) is 0 Å². The number of rotatable bonds is 9. The molecule has 0 spiro atoms. The van der Waals surface area contributed by atoms with E-state index in [0.717, 1.165) is 25.0 Å². The van der Waals surface area contributed by atoms with Crippen LogP contribution in [0.3, 0.4) is 0 Å². The van der Waals surface area contributed by atoms with Gasteiger partial charge in [-0.3, -0.25) is 4.79 Å². The molecule has 0 aromatic heterocycles. The van der Waals surface area contributed by atoms with Crippen LogP contribution in [-0.2, 0) is 11.0 Å². The molecule has 0 unspecified atom stereocenters. The number of hydrogen-bond donors (Lipinski definition) is 1. The Bertz CT molecular complexity index is 979. The lowest BCUT2D eigenvalue weighted by molar-refractivity contribution is -0.137. The molecule has 2 rings (SSSR count). The van der Waals surface area contributed by atoms with E-state index in [1.807, 2.05) is 13.8 Å². The van der Waals surface area contributed by atoms with E-state index in [4.69, 9.17) is 9.47 Å². The first-order valence-corrected chi connectivity index (χ1v) is 9.78. The molecule has 0 radical (unpaired) electrons. The highest BCUT2D eigenvalue weighted by molar-refractivity contribution is 6.09. The summed E-state index contributed by atoms with van der Waals surface area (Å²) in [6.45, 7) is 4.88. The van der Waals surface area contributed by atoms with Crippen molar-refractivity contribution < 1.29 is 27.4 Å². The molecule has 0 aliphatic heterocycles. The fourth-order valence-corrected chi connectivity index (χ4v) is 2.56. The van der Waals surface area contributed by atoms with Crippen molar-refractivity contribution in [3.8, 4) is 17.6 Å². The van der Waals surface area contributed by atoms with E-state index >= 15 is 0 Å². The topological polar surface area (TPSA) is 71.3 Å². The van der Waals surface area contributed by atoms with Crippen molar-refractivity contribution in [1.82, 2.24) is 0 Å². The Balaban J connectivity index is 2.29. The van der Waals surface area contributed by atoms with Crippen molar-refractivity contribution in [2.75, 3.05) is 18.5 Å². The Hall–Kier alpha value is -3.47. The Morgan fingerprint density at radius 2 is 1.81 bits per heavy atom. The van der Waals surface area contributed by atoms with Crippen LogP contribution in [0.4, 0.5) is 18.9 Å². The van der Waals surface area contributed by atoms with Gasteiger partial charge >= 0.3 is 6.18 Å². The first-order chi connectivity index (χ1) is 14.8. The van der Waals surface area contributed by atoms with Crippen LogP contribution in [0.15, 0.2) is 48.0 Å². The van der Waals surface area contributed by atoms with E-state index < -0.39 is 17.6 Å². The van der Waals surface area contributed by atoms with E-state index in [1.54, 1.807) is 24.3 Å². The Morgan fingerprint density at radius 3 is 2.45 bits per heavy atom. The summed E-state index contributed by atoms with van der Waals surface area (Å²) in [5.74, 6) is 0.210. The van der Waals surface area contributed by atoms with Crippen LogP contribution in [0.2, 0.25) is 0 Å². The van der Waals surface area contributed by atoms with Crippen molar-refractivity contribution in [2.45, 2.75) is 32.9 Å². The minimum Gasteiger partial charge on any atom is -0.493 e. The minimum absolute atomic E-state index is 0.0632. The summed E-state index contributed by atoms with van der Waals surface area (Å²) < 4.78 is 49.9. The molecular formula is C23H23F3N2O3. The second-order valence-electron chi connectivity index (χ2n) is 6.60. The molecule has 0 bridgehead atoms. The number of carbonyl (C=O) groups excluding carboxylic acids is 1. The number of benzene rings is 2. The van der Waals surface area contributed by atoms with Crippen LogP contribution < -0.4 is 14.8 Å². The van der Waals surface area contributed by atoms with Crippen LogP contribution in [-0.4, -0.2) is 19.1 Å². The zero-order valence-corrected chi connectivity index (χ0v) is 17.3. The molecule has 2 aromatic carbocycles. The van der Waals surface area contributed by atoms with Gasteiger partial charge in [-0.25, -0.2) is 0 Å². The van der Waals surface area contributed by atoms with Gasteiger partial charge in [0.15, 0.2) is 0 Å². The first-order valence-electron chi connectivity index (χ1n) is 9.78. The van der Waals surface area contributed by atoms with E-state index in [0.29, 0.717) is 30.3 Å². The van der Waals surface area contributed by atoms with Gasteiger partial charge in [0.05, 0.1) is 18.8 Å². The van der Waals surface area contributed by atoms with Crippen molar-refractivity contribution in [2.24, 2.45) is 0 Å². The highest BCUT2D eigenvalue weighted by Gasteiger charge is 2.30. The largest absolute Gasteiger partial charge is 0.493 e. The average molecular weight is 432 g/mol. The molecule has 5 nitrogen and oxygen atoms in total. The van der Waals surface area contributed by atoms with Gasteiger partial charge in [-0.1, -0.05) is 19.9 Å². The van der Waals surface area contributed by atoms with Gasteiger partial charge in [-0.05, 0) is 49.2 Å². The number of carbonyl (C=O) groups is 1. The molecule has 0 saturated heterocycles. The average Bonchev–Trinajstić information content (AvgIpc) is 2.74. The Morgan fingerprint density at radius 1 is 1.10 bits per heavy atom. The summed E-state index contributed by atoms with van der Waals surface area (Å²) in [6.07, 6.45) is -1.62. The van der Waals surface area contributed by atoms with E-state index in [-0.39, 0.29) is 11.3 Å². The van der Waals surface area contributed by atoms with Gasteiger partial charge in [0.1, 0.15) is 23.1 Å². The monoisotopic (exact) mass is 432 g/mol. The lowest BCUT2D eigenvalue weighted by atomic mass is 10.1. The zero-order valence-electron chi connectivity index (χ0n) is 17.3. The predicted octanol–water partition coefficient (Wildman–Crippen LogP) is 5.83. The molecule has 8 heteroatoms. The highest BCUT2D eigenvalue weighted by Crippen LogP contribution is 2.31. The molecule has 0 fully saturated rings. The zero-order chi connectivity index (χ0) is 22.9. The maximum absolute atomic E-state index is 12.9. The van der Waals surface area contributed by atoms with E-state index in [9.17, 15) is 23.2 Å². The fourth-order valence-electron chi connectivity index (χ4n) is 2.56. The van der Waals surface area contributed by atoms with Gasteiger partial charge < -0.3 is 14.8 Å². The SMILES string of the molecule is CCCOc1ccc(C=C(C#N)C(=O)Nc2cccc(C(F)(F)F)c2)c(OCCC)c1. The molecule has 164 valence electrons. The Kier molecular flexibility index (Phi) is 8.50. The summed E-state index contributed by atoms with van der Waals surface area (Å²) in [4.78, 5) is 12.5. The molecule has 31 heavy (non-hydrogen) atoms. The van der Waals surface area contributed by atoms with Gasteiger partial charge in [0, 0.05) is 17.3 Å². The summed E-state index contributed by atoms with van der Waals surface area (Å²) in [5, 5.41) is 11.8. The normalized spacial score (nSPS) is 11.5. The van der Waals surface area contributed by atoms with E-state index in [2.05, 4.69) is 5.32 Å². The lowest BCUT2D eigenvalue weighted by Gasteiger charge is -2.12. The fraction of sp³-hybridized carbons (Fsp3) is 0.304. The first kappa shape index (κ1) is 23.8. The van der Waals surface area contributed by atoms with Crippen molar-refractivity contribution in [3.05, 3.63) is 59.2 Å². The molecule has 0 aliphatic rings. The van der Waals surface area contributed by atoms with Crippen molar-refractivity contribution >= 4 is 17.7 Å². The molecular weight excluding hydrogens is 409 g/mol. The maximum atomic E-state index is 12.9. The number of amides is 1. The second kappa shape index (κ2) is 11.1.